The molecule has 0 spiro atoms. The summed E-state index contributed by atoms with van der Waals surface area (Å²) in [7, 11) is 1.24. The first-order chi connectivity index (χ1) is 13.7. The molecule has 3 rings (SSSR count). The predicted octanol–water partition coefficient (Wildman–Crippen LogP) is 2.27. The number of carboxylic acids is 1. The molecule has 1 atom stereocenters. The predicted molar refractivity (Wildman–Crippen MR) is 104 cm³/mol. The number of ketones is 1. The largest absolute Gasteiger partial charge is 0.476 e. The first-order valence-corrected chi connectivity index (χ1v) is 8.75. The second-order valence-electron chi connectivity index (χ2n) is 6.61. The summed E-state index contributed by atoms with van der Waals surface area (Å²) >= 11 is 0. The molecule has 9 nitrogen and oxygen atoms in total. The van der Waals surface area contributed by atoms with Gasteiger partial charge in [0.2, 0.25) is 5.78 Å². The van der Waals surface area contributed by atoms with Crippen molar-refractivity contribution in [2.24, 2.45) is 0 Å². The van der Waals surface area contributed by atoms with E-state index >= 15 is 0 Å². The molecule has 0 amide bonds. The minimum atomic E-state index is -1.31. The van der Waals surface area contributed by atoms with Crippen LogP contribution in [0.3, 0.4) is 0 Å². The second-order valence-corrected chi connectivity index (χ2v) is 6.61. The van der Waals surface area contributed by atoms with Gasteiger partial charge >= 0.3 is 11.9 Å². The van der Waals surface area contributed by atoms with Gasteiger partial charge in [0, 0.05) is 11.1 Å². The maximum atomic E-state index is 13.1. The highest BCUT2D eigenvalue weighted by atomic mass is 16.5. The van der Waals surface area contributed by atoms with Gasteiger partial charge in [0.05, 0.1) is 23.8 Å². The molecular formula is C20H19N3O6. The zero-order valence-corrected chi connectivity index (χ0v) is 16.3. The molecule has 1 aromatic carbocycles. The summed E-state index contributed by atoms with van der Waals surface area (Å²) < 4.78 is 5.61. The number of aromatic nitrogens is 3. The average Bonchev–Trinajstić information content (AvgIpc) is 3.00. The number of hydrogen-bond donors (Lipinski definition) is 2. The second kappa shape index (κ2) is 7.34. The smallest absolute Gasteiger partial charge is 0.357 e. The molecule has 3 aromatic rings. The van der Waals surface area contributed by atoms with Crippen LogP contribution in [0.4, 0.5) is 0 Å². The van der Waals surface area contributed by atoms with Crippen LogP contribution in [0.1, 0.15) is 55.6 Å². The number of benzene rings is 1. The molecular weight excluding hydrogens is 378 g/mol. The first kappa shape index (κ1) is 20.0. The van der Waals surface area contributed by atoms with Gasteiger partial charge in [-0.25, -0.2) is 14.3 Å². The summed E-state index contributed by atoms with van der Waals surface area (Å²) in [5, 5.41) is 13.8. The molecule has 0 bridgehead atoms. The number of carbonyl (C=O) groups excluding carboxylic acids is 2. The zero-order chi connectivity index (χ0) is 21.5. The number of Topliss-reactive ketones (excluding diaryl/α,β-unsaturated/α-hetero) is 1. The van der Waals surface area contributed by atoms with Crippen molar-refractivity contribution in [3.05, 3.63) is 62.8 Å². The van der Waals surface area contributed by atoms with E-state index in [4.69, 9.17) is 4.74 Å². The minimum absolute atomic E-state index is 0.133. The number of aryl methyl sites for hydroxylation is 1. The summed E-state index contributed by atoms with van der Waals surface area (Å²) in [6, 6.07) is 5.08. The van der Waals surface area contributed by atoms with Crippen molar-refractivity contribution in [3.8, 4) is 0 Å². The van der Waals surface area contributed by atoms with Crippen LogP contribution in [-0.4, -0.2) is 44.7 Å². The van der Waals surface area contributed by atoms with Gasteiger partial charge in [0.25, 0.3) is 5.56 Å². The highest BCUT2D eigenvalue weighted by molar-refractivity contribution is 6.04. The molecule has 0 aliphatic heterocycles. The Balaban J connectivity index is 2.16. The minimum Gasteiger partial charge on any atom is -0.476 e. The number of nitrogens with one attached hydrogen (secondary N) is 1. The van der Waals surface area contributed by atoms with Gasteiger partial charge in [-0.1, -0.05) is 18.2 Å². The van der Waals surface area contributed by atoms with Crippen molar-refractivity contribution < 1.29 is 24.2 Å². The van der Waals surface area contributed by atoms with E-state index in [1.807, 2.05) is 0 Å². The zero-order valence-electron chi connectivity index (χ0n) is 16.3. The molecule has 9 heteroatoms. The maximum Gasteiger partial charge on any atom is 0.357 e. The van der Waals surface area contributed by atoms with Crippen molar-refractivity contribution in [2.45, 2.75) is 26.8 Å². The molecule has 0 aliphatic rings. The van der Waals surface area contributed by atoms with E-state index in [1.165, 1.54) is 26.2 Å². The first-order valence-electron chi connectivity index (χ1n) is 8.75. The lowest BCUT2D eigenvalue weighted by atomic mass is 10.0. The number of carbonyl (C=O) groups is 3. The normalized spacial score (nSPS) is 12.0. The Morgan fingerprint density at radius 2 is 1.79 bits per heavy atom. The number of carboxylic acid groups (broad SMARTS) is 1. The van der Waals surface area contributed by atoms with Gasteiger partial charge in [-0.3, -0.25) is 9.59 Å². The monoisotopic (exact) mass is 397 g/mol. The molecule has 2 aromatic heterocycles. The molecule has 29 heavy (non-hydrogen) atoms. The van der Waals surface area contributed by atoms with Crippen molar-refractivity contribution in [3.63, 3.8) is 0 Å². The fourth-order valence-corrected chi connectivity index (χ4v) is 3.35. The molecule has 2 N–H and O–H groups in total. The number of esters is 1. The van der Waals surface area contributed by atoms with Crippen molar-refractivity contribution in [1.82, 2.24) is 14.8 Å². The van der Waals surface area contributed by atoms with E-state index in [-0.39, 0.29) is 27.7 Å². The fraction of sp³-hybridized carbons (Fsp3) is 0.250. The van der Waals surface area contributed by atoms with Crippen molar-refractivity contribution in [2.75, 3.05) is 7.11 Å². The Morgan fingerprint density at radius 3 is 2.38 bits per heavy atom. The fourth-order valence-electron chi connectivity index (χ4n) is 3.35. The quantitative estimate of drug-likeness (QED) is 0.499. The van der Waals surface area contributed by atoms with Crippen LogP contribution in [-0.2, 0) is 4.74 Å². The standard InChI is InChI=1S/C20H19N3O6/c1-9-14(20(28)29-4)10(2)21-15(9)17(24)11(3)23-18(25)13-8-6-5-7-12(13)16(22-23)19(26)27/h5-8,11,21H,1-4H3,(H,26,27). The molecule has 150 valence electrons. The summed E-state index contributed by atoms with van der Waals surface area (Å²) in [5.41, 5.74) is 0.311. The number of aromatic amines is 1. The Labute approximate surface area is 164 Å². The van der Waals surface area contributed by atoms with E-state index in [0.717, 1.165) is 4.68 Å². The third-order valence-electron chi connectivity index (χ3n) is 4.85. The van der Waals surface area contributed by atoms with Gasteiger partial charge in [-0.2, -0.15) is 5.10 Å². The van der Waals surface area contributed by atoms with E-state index in [9.17, 15) is 24.3 Å². The number of fused-ring (bicyclic) bond motifs is 1. The summed E-state index contributed by atoms with van der Waals surface area (Å²) in [4.78, 5) is 52.4. The maximum absolute atomic E-state index is 13.1. The van der Waals surface area contributed by atoms with Crippen LogP contribution < -0.4 is 5.56 Å². The number of hydrogen-bond acceptors (Lipinski definition) is 6. The number of aromatic carboxylic acids is 1. The lowest BCUT2D eigenvalue weighted by molar-refractivity contribution is 0.0598. The van der Waals surface area contributed by atoms with Crippen LogP contribution in [0, 0.1) is 13.8 Å². The number of H-pyrrole nitrogens is 1. The van der Waals surface area contributed by atoms with Crippen LogP contribution in [0.2, 0.25) is 0 Å². The highest BCUT2D eigenvalue weighted by Gasteiger charge is 2.28. The van der Waals surface area contributed by atoms with Gasteiger partial charge in [0.1, 0.15) is 6.04 Å². The summed E-state index contributed by atoms with van der Waals surface area (Å²) in [6.07, 6.45) is 0. The Bertz CT molecular complexity index is 1220. The Hall–Kier alpha value is -3.75. The van der Waals surface area contributed by atoms with E-state index < -0.39 is 29.3 Å². The molecule has 0 fully saturated rings. The van der Waals surface area contributed by atoms with Crippen LogP contribution in [0.5, 0.6) is 0 Å². The van der Waals surface area contributed by atoms with Gasteiger partial charge in [-0.15, -0.1) is 0 Å². The number of methoxy groups -OCH3 is 1. The van der Waals surface area contributed by atoms with E-state index in [0.29, 0.717) is 11.3 Å². The van der Waals surface area contributed by atoms with Crippen LogP contribution >= 0.6 is 0 Å². The van der Waals surface area contributed by atoms with Crippen LogP contribution in [0.25, 0.3) is 10.8 Å². The molecule has 0 radical (unpaired) electrons. The topological polar surface area (TPSA) is 131 Å². The average molecular weight is 397 g/mol. The molecule has 0 saturated heterocycles. The molecule has 2 heterocycles. The third-order valence-corrected chi connectivity index (χ3v) is 4.85. The number of rotatable bonds is 5. The Kier molecular flexibility index (Phi) is 5.06. The van der Waals surface area contributed by atoms with Crippen molar-refractivity contribution >= 4 is 28.5 Å². The molecule has 0 aliphatic carbocycles. The number of ether oxygens (including phenoxy) is 1. The molecule has 1 unspecified atom stereocenters. The van der Waals surface area contributed by atoms with Crippen molar-refractivity contribution in [1.29, 1.82) is 0 Å². The number of nitrogens with zero attached hydrogens (tertiary/aromatic N) is 2. The Morgan fingerprint density at radius 1 is 1.17 bits per heavy atom. The highest BCUT2D eigenvalue weighted by Crippen LogP contribution is 2.23. The van der Waals surface area contributed by atoms with E-state index in [1.54, 1.807) is 26.0 Å². The van der Waals surface area contributed by atoms with Crippen LogP contribution in [0.15, 0.2) is 29.1 Å². The lowest BCUT2D eigenvalue weighted by Crippen LogP contribution is -2.32. The summed E-state index contributed by atoms with van der Waals surface area (Å²) in [6.45, 7) is 4.67. The third kappa shape index (κ3) is 3.20. The van der Waals surface area contributed by atoms with Gasteiger partial charge in [0.15, 0.2) is 5.69 Å². The lowest BCUT2D eigenvalue weighted by Gasteiger charge is -2.15. The van der Waals surface area contributed by atoms with E-state index in [2.05, 4.69) is 10.1 Å². The van der Waals surface area contributed by atoms with Gasteiger partial charge in [-0.05, 0) is 32.4 Å². The van der Waals surface area contributed by atoms with Gasteiger partial charge < -0.3 is 14.8 Å². The summed E-state index contributed by atoms with van der Waals surface area (Å²) in [5.74, 6) is -2.41. The molecule has 0 saturated carbocycles. The SMILES string of the molecule is COC(=O)c1c(C)[nH]c(C(=O)C(C)n2nc(C(=O)O)c3ccccc3c2=O)c1C.